The number of amides is 1. The number of aliphatic hydroxyl groups is 1. The van der Waals surface area contributed by atoms with E-state index in [0.717, 1.165) is 11.1 Å². The molecule has 1 unspecified atom stereocenters. The van der Waals surface area contributed by atoms with Crippen LogP contribution in [0.25, 0.3) is 10.9 Å². The molecule has 6 nitrogen and oxygen atoms in total. The molecule has 26 heavy (non-hydrogen) atoms. The van der Waals surface area contributed by atoms with E-state index < -0.39 is 0 Å². The van der Waals surface area contributed by atoms with Gasteiger partial charge in [-0.05, 0) is 37.3 Å². The number of aryl methyl sites for hydroxylation is 2. The van der Waals surface area contributed by atoms with Crippen LogP contribution in [-0.4, -0.2) is 31.9 Å². The second-order valence-corrected chi connectivity index (χ2v) is 7.07. The summed E-state index contributed by atoms with van der Waals surface area (Å²) in [5, 5.41) is 17.6. The van der Waals surface area contributed by atoms with Crippen LogP contribution in [0.5, 0.6) is 0 Å². The Bertz CT molecular complexity index is 971. The van der Waals surface area contributed by atoms with E-state index in [0.29, 0.717) is 29.4 Å². The van der Waals surface area contributed by atoms with Crippen LogP contribution in [0.15, 0.2) is 30.6 Å². The summed E-state index contributed by atoms with van der Waals surface area (Å²) in [5.74, 6) is -0.511. The van der Waals surface area contributed by atoms with Crippen molar-refractivity contribution in [3.63, 3.8) is 0 Å². The van der Waals surface area contributed by atoms with Crippen LogP contribution in [0.3, 0.4) is 0 Å². The van der Waals surface area contributed by atoms with Crippen molar-refractivity contribution in [2.75, 3.05) is 0 Å². The lowest BCUT2D eigenvalue weighted by molar-refractivity contribution is 0.0234. The summed E-state index contributed by atoms with van der Waals surface area (Å²) in [6.07, 6.45) is 4.56. The number of carbonyl (C=O) groups excluding carboxylic acids is 1. The summed E-state index contributed by atoms with van der Waals surface area (Å²) in [5.41, 5.74) is 2.32. The first-order valence-electron chi connectivity index (χ1n) is 8.68. The summed E-state index contributed by atoms with van der Waals surface area (Å²) < 4.78 is 15.7. The third-order valence-corrected chi connectivity index (χ3v) is 5.26. The van der Waals surface area contributed by atoms with Crippen LogP contribution in [0.2, 0.25) is 0 Å². The molecule has 4 rings (SSSR count). The predicted octanol–water partition coefficient (Wildman–Crippen LogP) is 2.59. The number of nitrogens with zero attached hydrogens (tertiary/aromatic N) is 2. The Hall–Kier alpha value is -2.67. The van der Waals surface area contributed by atoms with Crippen molar-refractivity contribution in [1.29, 1.82) is 0 Å². The first kappa shape index (κ1) is 16.8. The molecule has 136 valence electrons. The Morgan fingerprint density at radius 2 is 2.23 bits per heavy atom. The van der Waals surface area contributed by atoms with Gasteiger partial charge in [0.1, 0.15) is 11.5 Å². The standard InChI is InChI=1S/C19H21FN4O2/c1-10-14-4-3-5-15(20)18(14)22-16(10)19(26)23-17(11-6-13(25)7-11)12-8-21-24(2)9-12/h3-5,8-9,11,13,17,22,25H,6-7H2,1-2H3,(H,23,26). The molecule has 1 atom stereocenters. The lowest BCUT2D eigenvalue weighted by atomic mass is 9.75. The van der Waals surface area contributed by atoms with E-state index in [4.69, 9.17) is 0 Å². The molecule has 1 amide bonds. The number of H-pyrrole nitrogens is 1. The maximum absolute atomic E-state index is 14.0. The van der Waals surface area contributed by atoms with Gasteiger partial charge in [-0.15, -0.1) is 0 Å². The SMILES string of the molecule is Cc1c(C(=O)NC(c2cnn(C)c2)C2CC(O)C2)[nH]c2c(F)cccc12. The van der Waals surface area contributed by atoms with Gasteiger partial charge in [0.15, 0.2) is 0 Å². The maximum atomic E-state index is 14.0. The molecular weight excluding hydrogens is 335 g/mol. The zero-order valence-electron chi connectivity index (χ0n) is 14.7. The molecule has 0 spiro atoms. The minimum absolute atomic E-state index is 0.152. The lowest BCUT2D eigenvalue weighted by Gasteiger charge is -2.37. The zero-order chi connectivity index (χ0) is 18.4. The van der Waals surface area contributed by atoms with Crippen molar-refractivity contribution in [3.05, 3.63) is 53.2 Å². The second kappa shape index (κ2) is 6.25. The number of rotatable bonds is 4. The highest BCUT2D eigenvalue weighted by Gasteiger charge is 2.36. The Balaban J connectivity index is 1.64. The van der Waals surface area contributed by atoms with Gasteiger partial charge < -0.3 is 15.4 Å². The average molecular weight is 356 g/mol. The molecule has 0 saturated heterocycles. The second-order valence-electron chi connectivity index (χ2n) is 7.07. The van der Waals surface area contributed by atoms with Crippen LogP contribution in [0.4, 0.5) is 4.39 Å². The number of para-hydroxylation sites is 1. The Labute approximate surface area is 150 Å². The van der Waals surface area contributed by atoms with Crippen molar-refractivity contribution in [2.24, 2.45) is 13.0 Å². The summed E-state index contributed by atoms with van der Waals surface area (Å²) in [6, 6.07) is 4.56. The number of aromatic nitrogens is 3. The van der Waals surface area contributed by atoms with E-state index in [-0.39, 0.29) is 29.8 Å². The van der Waals surface area contributed by atoms with E-state index in [1.54, 1.807) is 29.9 Å². The predicted molar refractivity (Wildman–Crippen MR) is 95.1 cm³/mol. The van der Waals surface area contributed by atoms with Gasteiger partial charge in [0.05, 0.1) is 23.9 Å². The molecule has 2 aromatic heterocycles. The number of hydrogen-bond acceptors (Lipinski definition) is 3. The van der Waals surface area contributed by atoms with Crippen LogP contribution in [0, 0.1) is 18.7 Å². The van der Waals surface area contributed by atoms with Crippen molar-refractivity contribution < 1.29 is 14.3 Å². The number of aromatic amines is 1. The fourth-order valence-corrected chi connectivity index (χ4v) is 3.73. The van der Waals surface area contributed by atoms with Crippen molar-refractivity contribution in [2.45, 2.75) is 31.9 Å². The largest absolute Gasteiger partial charge is 0.393 e. The normalized spacial score (nSPS) is 20.8. The molecule has 3 aromatic rings. The highest BCUT2D eigenvalue weighted by Crippen LogP contribution is 2.38. The quantitative estimate of drug-likeness (QED) is 0.672. The Kier molecular flexibility index (Phi) is 4.03. The van der Waals surface area contributed by atoms with Crippen LogP contribution >= 0.6 is 0 Å². The summed E-state index contributed by atoms with van der Waals surface area (Å²) in [7, 11) is 1.82. The molecule has 0 radical (unpaired) electrons. The van der Waals surface area contributed by atoms with Crippen LogP contribution in [0.1, 0.15) is 40.5 Å². The third kappa shape index (κ3) is 2.78. The zero-order valence-corrected chi connectivity index (χ0v) is 14.7. The van der Waals surface area contributed by atoms with E-state index in [1.807, 2.05) is 13.2 Å². The fraction of sp³-hybridized carbons (Fsp3) is 0.368. The monoisotopic (exact) mass is 356 g/mol. The first-order valence-corrected chi connectivity index (χ1v) is 8.68. The molecular formula is C19H21FN4O2. The van der Waals surface area contributed by atoms with Gasteiger partial charge in [0, 0.05) is 24.2 Å². The van der Waals surface area contributed by atoms with E-state index >= 15 is 0 Å². The Morgan fingerprint density at radius 1 is 1.46 bits per heavy atom. The number of carbonyl (C=O) groups is 1. The molecule has 1 aliphatic rings. The smallest absolute Gasteiger partial charge is 0.268 e. The summed E-state index contributed by atoms with van der Waals surface area (Å²) in [4.78, 5) is 15.8. The van der Waals surface area contributed by atoms with Gasteiger partial charge in [-0.3, -0.25) is 9.48 Å². The average Bonchev–Trinajstić information content (AvgIpc) is 3.15. The number of fused-ring (bicyclic) bond motifs is 1. The van der Waals surface area contributed by atoms with Crippen LogP contribution < -0.4 is 5.32 Å². The third-order valence-electron chi connectivity index (χ3n) is 5.26. The van der Waals surface area contributed by atoms with E-state index in [9.17, 15) is 14.3 Å². The van der Waals surface area contributed by atoms with Gasteiger partial charge in [-0.25, -0.2) is 4.39 Å². The molecule has 0 aliphatic heterocycles. The number of halogens is 1. The van der Waals surface area contributed by atoms with Crippen LogP contribution in [-0.2, 0) is 7.05 Å². The minimum Gasteiger partial charge on any atom is -0.393 e. The molecule has 3 N–H and O–H groups in total. The molecule has 1 aliphatic carbocycles. The van der Waals surface area contributed by atoms with Gasteiger partial charge in [-0.2, -0.15) is 5.10 Å². The van der Waals surface area contributed by atoms with Crippen molar-refractivity contribution in [3.8, 4) is 0 Å². The van der Waals surface area contributed by atoms with Gasteiger partial charge >= 0.3 is 0 Å². The molecule has 1 saturated carbocycles. The molecule has 0 bridgehead atoms. The first-order chi connectivity index (χ1) is 12.4. The maximum Gasteiger partial charge on any atom is 0.268 e. The highest BCUT2D eigenvalue weighted by atomic mass is 19.1. The fourth-order valence-electron chi connectivity index (χ4n) is 3.73. The van der Waals surface area contributed by atoms with E-state index in [2.05, 4.69) is 15.4 Å². The number of hydrogen-bond donors (Lipinski definition) is 3. The Morgan fingerprint density at radius 3 is 2.85 bits per heavy atom. The molecule has 7 heteroatoms. The number of aliphatic hydroxyl groups excluding tert-OH is 1. The van der Waals surface area contributed by atoms with Crippen molar-refractivity contribution in [1.82, 2.24) is 20.1 Å². The lowest BCUT2D eigenvalue weighted by Crippen LogP contribution is -2.41. The van der Waals surface area contributed by atoms with E-state index in [1.165, 1.54) is 6.07 Å². The molecule has 2 heterocycles. The molecule has 1 aromatic carbocycles. The number of benzene rings is 1. The van der Waals surface area contributed by atoms with Gasteiger partial charge in [0.25, 0.3) is 5.91 Å². The summed E-state index contributed by atoms with van der Waals surface area (Å²) >= 11 is 0. The van der Waals surface area contributed by atoms with Gasteiger partial charge in [-0.1, -0.05) is 12.1 Å². The van der Waals surface area contributed by atoms with Gasteiger partial charge in [0.2, 0.25) is 0 Å². The minimum atomic E-state index is -0.379. The van der Waals surface area contributed by atoms with Crippen molar-refractivity contribution >= 4 is 16.8 Å². The highest BCUT2D eigenvalue weighted by molar-refractivity contribution is 6.01. The molecule has 1 fully saturated rings. The topological polar surface area (TPSA) is 82.9 Å². The number of nitrogens with one attached hydrogen (secondary N) is 2. The summed E-state index contributed by atoms with van der Waals surface area (Å²) in [6.45, 7) is 1.80.